The molecule has 1 heterocycles. The van der Waals surface area contributed by atoms with Crippen LogP contribution in [0.5, 0.6) is 0 Å². The molecule has 0 radical (unpaired) electrons. The van der Waals surface area contributed by atoms with E-state index in [0.29, 0.717) is 0 Å². The molecule has 0 saturated carbocycles. The maximum absolute atomic E-state index is 8.73. The van der Waals surface area contributed by atoms with Crippen LogP contribution in [-0.4, -0.2) is 29.4 Å². The summed E-state index contributed by atoms with van der Waals surface area (Å²) in [4.78, 5) is 52.4. The molecule has 0 bridgehead atoms. The van der Waals surface area contributed by atoms with E-state index in [1.807, 2.05) is 0 Å². The molecule has 0 saturated heterocycles. The average molecular weight is 1840 g/mol. The molecule has 0 unspecified atom stereocenters. The smallest absolute Gasteiger partial charge is 0.322 e. The molecule has 0 aliphatic carbocycles. The molecular weight excluding hydrogens is 1830 g/mol. The summed E-state index contributed by atoms with van der Waals surface area (Å²) < 4.78 is 7.98. The number of nitrogens with zero attached hydrogens (tertiary/aromatic N) is 3. The summed E-state index contributed by atoms with van der Waals surface area (Å²) in [6.07, 6.45) is 0. The van der Waals surface area contributed by atoms with Gasteiger partial charge < -0.3 is 29.4 Å². The van der Waals surface area contributed by atoms with Crippen molar-refractivity contribution < 1.29 is 29.4 Å². The van der Waals surface area contributed by atoms with Crippen LogP contribution >= 0.6 is 23.0 Å². The molecule has 0 aromatic rings. The first-order chi connectivity index (χ1) is 5.12. The maximum Gasteiger partial charge on any atom is 0.343 e. The minimum Gasteiger partial charge on any atom is -0.322 e. The van der Waals surface area contributed by atoms with Crippen molar-refractivity contribution in [3.05, 3.63) is 0 Å². The molecule has 18 heteroatoms. The normalized spacial score (nSPS) is 19.7. The van der Waals surface area contributed by atoms with Crippen molar-refractivity contribution in [1.82, 2.24) is 0 Å². The number of rotatable bonds is 0. The van der Waals surface area contributed by atoms with Crippen molar-refractivity contribution in [1.29, 1.82) is 0 Å². The molecule has 0 amide bonds. The van der Waals surface area contributed by atoms with E-state index in [9.17, 15) is 0 Å². The Bertz CT molecular complexity index is 291. The fraction of sp³-hybridized carbons (Fsp3) is 0. The second kappa shape index (κ2) is 5.24. The number of hydrogen-bond acceptors (Lipinski definition) is 3. The molecule has 6 N–H and O–H groups in total. The first kappa shape index (κ1) is 39.2. The summed E-state index contributed by atoms with van der Waals surface area (Å²) in [5, 5.41) is 0. The Morgan fingerprint density at radius 2 is 0.500 bits per heavy atom. The summed E-state index contributed by atoms with van der Waals surface area (Å²) in [5.74, 6) is 0. The van der Waals surface area contributed by atoms with E-state index in [0.717, 1.165) is 0 Å². The molecule has 0 aromatic carbocycles. The van der Waals surface area contributed by atoms with Gasteiger partial charge in [0.05, 0.1) is 0 Å². The van der Waals surface area contributed by atoms with Gasteiger partial charge in [0.1, 0.15) is 0 Å². The van der Waals surface area contributed by atoms with E-state index in [1.54, 1.807) is 0 Å². The van der Waals surface area contributed by atoms with Crippen LogP contribution in [0.15, 0.2) is 13.5 Å². The predicted octanol–water partition coefficient (Wildman–Crippen LogP) is -0.208. The van der Waals surface area contributed by atoms with E-state index in [2.05, 4.69) is 13.5 Å². The van der Waals surface area contributed by atoms with Crippen molar-refractivity contribution in [3.8, 4) is 0 Å². The van der Waals surface area contributed by atoms with Crippen molar-refractivity contribution in [2.24, 2.45) is 13.5 Å². The minimum atomic E-state index is -4.32. The molecular formula is H6N3O6P3Rf6. The van der Waals surface area contributed by atoms with Crippen LogP contribution in [0.3, 0.4) is 0 Å². The summed E-state index contributed by atoms with van der Waals surface area (Å²) >= 11 is 0. The van der Waals surface area contributed by atoms with Crippen molar-refractivity contribution in [3.63, 3.8) is 0 Å². The SMILES string of the molecule is OP1(O)=NP(O)(O)=NP(O)(O)=N1.[Rf].[Rf].[Rf].[Rf].[Rf].[Rf]. The minimum absolute atomic E-state index is 0. The van der Waals surface area contributed by atoms with Crippen LogP contribution in [0.1, 0.15) is 0 Å². The summed E-state index contributed by atoms with van der Waals surface area (Å²) in [7, 11) is -13.0. The van der Waals surface area contributed by atoms with Crippen LogP contribution in [0.2, 0.25) is 0 Å². The Balaban J connectivity index is -0.0000000600. The van der Waals surface area contributed by atoms with E-state index in [4.69, 9.17) is 29.4 Å². The van der Waals surface area contributed by atoms with Crippen molar-refractivity contribution in [2.45, 2.75) is 0 Å². The van der Waals surface area contributed by atoms with Gasteiger partial charge in [-0.25, -0.2) is 0 Å². The predicted molar refractivity (Wildman–Crippen MR) is 41.4 cm³/mol. The number of hydrogen-bond donors (Lipinski definition) is 6. The Labute approximate surface area is 66.8 Å². The fourth-order valence-electron chi connectivity index (χ4n) is 0.537. The molecule has 1 aliphatic rings. The first-order valence-electron chi connectivity index (χ1n) is 2.40. The first-order valence-corrected chi connectivity index (χ1v) is 7.20. The fourth-order valence-corrected chi connectivity index (χ4v) is 5.80. The Kier molecular flexibility index (Phi) is 11.4. The van der Waals surface area contributed by atoms with E-state index in [-0.39, 0.29) is 0 Å². The van der Waals surface area contributed by atoms with Crippen LogP contribution in [0.4, 0.5) is 0 Å². The topological polar surface area (TPSA) is 158 Å². The Hall–Kier alpha value is -5.55. The zero-order valence-electron chi connectivity index (χ0n) is 9.61. The van der Waals surface area contributed by atoms with Crippen LogP contribution in [0, 0.1) is 0 Å². The monoisotopic (exact) mass is 1840 g/mol. The molecule has 18 heavy (non-hydrogen) atoms. The molecule has 0 aromatic heterocycles. The quantitative estimate of drug-likeness (QED) is 0.185. The second-order valence-electron chi connectivity index (χ2n) is 1.88. The van der Waals surface area contributed by atoms with Gasteiger partial charge in [0.25, 0.3) is 0 Å². The zero-order valence-corrected chi connectivity index (χ0v) is 50.7. The Morgan fingerprint density at radius 1 is 0.389 bits per heavy atom. The second-order valence-corrected chi connectivity index (χ2v) is 7.24. The van der Waals surface area contributed by atoms with Gasteiger partial charge in [0, 0.05) is 0 Å². The van der Waals surface area contributed by atoms with Crippen LogP contribution in [0.25, 0.3) is 0 Å². The van der Waals surface area contributed by atoms with Gasteiger partial charge >= 0.3 is 23.0 Å². The molecule has 9 nitrogen and oxygen atoms in total. The molecule has 1 aliphatic heterocycles. The summed E-state index contributed by atoms with van der Waals surface area (Å²) in [6, 6.07) is 0. The van der Waals surface area contributed by atoms with Crippen LogP contribution in [-0.2, 0) is 0 Å². The Morgan fingerprint density at radius 3 is 0.611 bits per heavy atom. The van der Waals surface area contributed by atoms with E-state index in [1.165, 1.54) is 0 Å². The third-order valence-corrected chi connectivity index (χ3v) is 6.48. The maximum atomic E-state index is 8.73. The van der Waals surface area contributed by atoms with E-state index >= 15 is 0 Å². The summed E-state index contributed by atoms with van der Waals surface area (Å²) in [5.41, 5.74) is 0. The third-order valence-electron chi connectivity index (χ3n) is 0.720. The standard InChI is InChI=1S/H6N3O6P3.6Rf/c4-10(5)1-11(6,7)3-12(8,9)2-10;;;;;;/h4-9H;;;;;;. The third kappa shape index (κ3) is 6.02. The van der Waals surface area contributed by atoms with Gasteiger partial charge in [-0.1, -0.05) is 0 Å². The van der Waals surface area contributed by atoms with Gasteiger partial charge in [-0.15, -0.1) is 13.5 Å². The zero-order chi connectivity index (χ0) is 9.62. The van der Waals surface area contributed by atoms with Crippen LogP contribution < -0.4 is 0 Å². The largest absolute Gasteiger partial charge is 0.343 e. The van der Waals surface area contributed by atoms with Gasteiger partial charge in [-0.2, -0.15) is 0 Å². The molecule has 0 atom stereocenters. The van der Waals surface area contributed by atoms with Crippen molar-refractivity contribution in [2.75, 3.05) is 0 Å². The van der Waals surface area contributed by atoms with Gasteiger partial charge in [0.15, 0.2) is 0 Å². The summed E-state index contributed by atoms with van der Waals surface area (Å²) in [6.45, 7) is 0. The van der Waals surface area contributed by atoms with Gasteiger partial charge in [0.2, 0.25) is 0 Å². The molecule has 0 fully saturated rings. The van der Waals surface area contributed by atoms with Crippen molar-refractivity contribution >= 4 is 23.0 Å². The van der Waals surface area contributed by atoms with E-state index < -0.39 is 23.0 Å². The molecule has 84 valence electrons. The average Bonchev–Trinajstić information content (AvgIpc) is 1.44. The molecule has 0 spiro atoms. The van der Waals surface area contributed by atoms with Gasteiger partial charge in [-0.05, 0) is 0 Å². The van der Waals surface area contributed by atoms with Gasteiger partial charge in [-0.3, -0.25) is 0 Å². The molecule has 1 rings (SSSR count).